The van der Waals surface area contributed by atoms with Gasteiger partial charge in [0.1, 0.15) is 0 Å². The van der Waals surface area contributed by atoms with Crippen LogP contribution in [0.2, 0.25) is 0 Å². The molecule has 1 N–H and O–H groups in total. The fourth-order valence-corrected chi connectivity index (χ4v) is 5.65. The van der Waals surface area contributed by atoms with Gasteiger partial charge in [0, 0.05) is 25.7 Å². The summed E-state index contributed by atoms with van der Waals surface area (Å²) in [5.74, 6) is -0.901. The van der Waals surface area contributed by atoms with Crippen molar-refractivity contribution in [2.24, 2.45) is 5.92 Å². The van der Waals surface area contributed by atoms with Gasteiger partial charge in [-0.2, -0.15) is 4.31 Å². The highest BCUT2D eigenvalue weighted by Gasteiger charge is 2.44. The molecule has 0 aromatic rings. The molecular weight excluding hydrogens is 316 g/mol. The number of methoxy groups -OCH3 is 1. The Bertz CT molecular complexity index is 457. The molecule has 2 fully saturated rings. The summed E-state index contributed by atoms with van der Waals surface area (Å²) in [4.78, 5) is 11.9. The summed E-state index contributed by atoms with van der Waals surface area (Å²) < 4.78 is 32.1. The van der Waals surface area contributed by atoms with Crippen LogP contribution in [0.25, 0.3) is 0 Å². The zero-order valence-corrected chi connectivity index (χ0v) is 14.2. The Morgan fingerprint density at radius 2 is 1.95 bits per heavy atom. The monoisotopic (exact) mass is 340 g/mol. The quantitative estimate of drug-likeness (QED) is 0.768. The predicted octanol–water partition coefficient (Wildman–Crippen LogP) is 0.763. The Labute approximate surface area is 133 Å². The molecule has 1 aliphatic carbocycles. The molecule has 2 aliphatic rings. The first-order chi connectivity index (χ1) is 9.48. The van der Waals surface area contributed by atoms with Crippen LogP contribution in [0.4, 0.5) is 0 Å². The van der Waals surface area contributed by atoms with E-state index < -0.39 is 21.2 Å². The molecule has 0 radical (unpaired) electrons. The van der Waals surface area contributed by atoms with Gasteiger partial charge in [0.25, 0.3) is 0 Å². The number of rotatable bonds is 3. The lowest BCUT2D eigenvalue weighted by atomic mass is 9.89. The molecule has 2 unspecified atom stereocenters. The van der Waals surface area contributed by atoms with Crippen molar-refractivity contribution >= 4 is 28.4 Å². The van der Waals surface area contributed by atoms with Gasteiger partial charge in [-0.15, -0.1) is 12.4 Å². The van der Waals surface area contributed by atoms with E-state index in [1.54, 1.807) is 4.31 Å². The summed E-state index contributed by atoms with van der Waals surface area (Å²) in [6.07, 6.45) is 2.91. The zero-order chi connectivity index (χ0) is 14.8. The molecule has 0 aromatic carbocycles. The molecule has 21 heavy (non-hydrogen) atoms. The van der Waals surface area contributed by atoms with E-state index in [4.69, 9.17) is 4.74 Å². The molecular formula is C13H25ClN2O4S. The van der Waals surface area contributed by atoms with Crippen molar-refractivity contribution in [1.29, 1.82) is 0 Å². The fraction of sp³-hybridized carbons (Fsp3) is 0.923. The van der Waals surface area contributed by atoms with Gasteiger partial charge in [-0.1, -0.05) is 12.8 Å². The van der Waals surface area contributed by atoms with Crippen LogP contribution >= 0.6 is 12.4 Å². The molecule has 3 atom stereocenters. The third kappa shape index (κ3) is 3.88. The average Bonchev–Trinajstić information content (AvgIpc) is 2.46. The number of carbonyl (C=O) groups excluding carboxylic acids is 1. The Balaban J connectivity index is 0.00000220. The van der Waals surface area contributed by atoms with Crippen molar-refractivity contribution in [3.63, 3.8) is 0 Å². The molecule has 124 valence electrons. The molecule has 8 heteroatoms. The van der Waals surface area contributed by atoms with Crippen molar-refractivity contribution in [3.8, 4) is 0 Å². The van der Waals surface area contributed by atoms with E-state index in [0.29, 0.717) is 32.5 Å². The molecule has 0 aromatic heterocycles. The zero-order valence-electron chi connectivity index (χ0n) is 12.6. The number of nitrogens with one attached hydrogen (secondary N) is 1. The van der Waals surface area contributed by atoms with Crippen LogP contribution in [0.5, 0.6) is 0 Å². The van der Waals surface area contributed by atoms with E-state index in [9.17, 15) is 13.2 Å². The first kappa shape index (κ1) is 18.7. The minimum absolute atomic E-state index is 0. The molecule has 1 saturated carbocycles. The largest absolute Gasteiger partial charge is 0.469 e. The number of ether oxygens (including phenoxy) is 1. The summed E-state index contributed by atoms with van der Waals surface area (Å²) in [6.45, 7) is 3.71. The normalized spacial score (nSPS) is 31.2. The van der Waals surface area contributed by atoms with E-state index in [-0.39, 0.29) is 24.4 Å². The summed E-state index contributed by atoms with van der Waals surface area (Å²) in [6, 6.07) is -0.0611. The first-order valence-electron chi connectivity index (χ1n) is 7.27. The summed E-state index contributed by atoms with van der Waals surface area (Å²) in [5.41, 5.74) is 0. The SMILES string of the molecule is COC(=O)C1CCCCC1S(=O)(=O)N1CCNC[C@@H]1C.Cl. The maximum absolute atomic E-state index is 12.9. The summed E-state index contributed by atoms with van der Waals surface area (Å²) in [5, 5.41) is 2.57. The summed E-state index contributed by atoms with van der Waals surface area (Å²) in [7, 11) is -2.12. The van der Waals surface area contributed by atoms with Crippen molar-refractivity contribution in [2.75, 3.05) is 26.7 Å². The number of halogens is 1. The number of carbonyl (C=O) groups is 1. The number of nitrogens with zero attached hydrogens (tertiary/aromatic N) is 1. The molecule has 6 nitrogen and oxygen atoms in total. The summed E-state index contributed by atoms with van der Waals surface area (Å²) >= 11 is 0. The lowest BCUT2D eigenvalue weighted by Crippen LogP contribution is -2.56. The first-order valence-corrected chi connectivity index (χ1v) is 8.78. The van der Waals surface area contributed by atoms with Crippen molar-refractivity contribution in [2.45, 2.75) is 43.9 Å². The van der Waals surface area contributed by atoms with Crippen LogP contribution in [0.1, 0.15) is 32.6 Å². The highest BCUT2D eigenvalue weighted by Crippen LogP contribution is 2.33. The number of sulfonamides is 1. The molecule has 0 spiro atoms. The number of hydrogen-bond donors (Lipinski definition) is 1. The van der Waals surface area contributed by atoms with Gasteiger partial charge >= 0.3 is 5.97 Å². The van der Waals surface area contributed by atoms with Gasteiger partial charge in [-0.25, -0.2) is 8.42 Å². The van der Waals surface area contributed by atoms with Crippen LogP contribution in [-0.2, 0) is 19.6 Å². The van der Waals surface area contributed by atoms with Crippen molar-refractivity contribution < 1.29 is 17.9 Å². The topological polar surface area (TPSA) is 75.7 Å². The van der Waals surface area contributed by atoms with E-state index in [0.717, 1.165) is 12.8 Å². The molecule has 1 saturated heterocycles. The number of hydrogen-bond acceptors (Lipinski definition) is 5. The lowest BCUT2D eigenvalue weighted by Gasteiger charge is -2.38. The van der Waals surface area contributed by atoms with E-state index in [1.165, 1.54) is 7.11 Å². The fourth-order valence-electron chi connectivity index (χ4n) is 3.25. The Morgan fingerprint density at radius 1 is 1.29 bits per heavy atom. The minimum atomic E-state index is -3.45. The molecule has 0 bridgehead atoms. The Hall–Kier alpha value is -0.370. The lowest BCUT2D eigenvalue weighted by molar-refractivity contribution is -0.146. The second-order valence-electron chi connectivity index (χ2n) is 5.66. The van der Waals surface area contributed by atoms with Crippen molar-refractivity contribution in [1.82, 2.24) is 9.62 Å². The number of esters is 1. The van der Waals surface area contributed by atoms with Crippen LogP contribution in [0.15, 0.2) is 0 Å². The van der Waals surface area contributed by atoms with Gasteiger partial charge in [-0.3, -0.25) is 4.79 Å². The number of piperazine rings is 1. The standard InChI is InChI=1S/C13H24N2O4S.ClH/c1-10-9-14-7-8-15(10)20(17,18)12-6-4-3-5-11(12)13(16)19-2;/h10-12,14H,3-9H2,1-2H3;1H/t10-,11?,12?;/m0./s1. The maximum Gasteiger partial charge on any atom is 0.310 e. The highest BCUT2D eigenvalue weighted by molar-refractivity contribution is 7.89. The van der Waals surface area contributed by atoms with Gasteiger partial charge in [0.2, 0.25) is 10.0 Å². The second-order valence-corrected chi connectivity index (χ2v) is 7.77. The van der Waals surface area contributed by atoms with Crippen LogP contribution in [0, 0.1) is 5.92 Å². The average molecular weight is 341 g/mol. The molecule has 2 rings (SSSR count). The molecule has 0 amide bonds. The van der Waals surface area contributed by atoms with Crippen LogP contribution in [0.3, 0.4) is 0 Å². The van der Waals surface area contributed by atoms with Gasteiger partial charge in [-0.05, 0) is 19.8 Å². The van der Waals surface area contributed by atoms with Crippen molar-refractivity contribution in [3.05, 3.63) is 0 Å². The second kappa shape index (κ2) is 7.76. The van der Waals surface area contributed by atoms with Gasteiger partial charge in [0.05, 0.1) is 18.3 Å². The smallest absolute Gasteiger partial charge is 0.310 e. The van der Waals surface area contributed by atoms with E-state index in [2.05, 4.69) is 5.32 Å². The third-order valence-electron chi connectivity index (χ3n) is 4.36. The van der Waals surface area contributed by atoms with Crippen LogP contribution in [-0.4, -0.2) is 56.7 Å². The highest BCUT2D eigenvalue weighted by atomic mass is 35.5. The van der Waals surface area contributed by atoms with Gasteiger partial charge < -0.3 is 10.1 Å². The third-order valence-corrected chi connectivity index (χ3v) is 6.88. The maximum atomic E-state index is 12.9. The molecule has 1 heterocycles. The Kier molecular flexibility index (Phi) is 6.90. The predicted molar refractivity (Wildman–Crippen MR) is 83.0 cm³/mol. The molecule has 1 aliphatic heterocycles. The van der Waals surface area contributed by atoms with E-state index in [1.807, 2.05) is 6.92 Å². The van der Waals surface area contributed by atoms with E-state index >= 15 is 0 Å². The minimum Gasteiger partial charge on any atom is -0.469 e. The van der Waals surface area contributed by atoms with Crippen LogP contribution < -0.4 is 5.32 Å². The van der Waals surface area contributed by atoms with Gasteiger partial charge in [0.15, 0.2) is 0 Å². The Morgan fingerprint density at radius 3 is 2.57 bits per heavy atom.